The summed E-state index contributed by atoms with van der Waals surface area (Å²) < 4.78 is 11.2. The molecule has 1 unspecified atom stereocenters. The quantitative estimate of drug-likeness (QED) is 0.350. The van der Waals surface area contributed by atoms with Crippen molar-refractivity contribution in [3.8, 4) is 5.75 Å². The number of ketones is 1. The zero-order valence-corrected chi connectivity index (χ0v) is 21.0. The summed E-state index contributed by atoms with van der Waals surface area (Å²) in [5, 5.41) is 11.9. The number of hydrogen-bond donors (Lipinski definition) is 1. The maximum absolute atomic E-state index is 13.2. The number of Topliss-reactive ketones (excluding diaryl/α,β-unsaturated/α-hetero) is 1. The molecule has 2 aromatic rings. The van der Waals surface area contributed by atoms with Crippen molar-refractivity contribution in [1.82, 2.24) is 9.80 Å². The molecule has 2 aliphatic rings. The van der Waals surface area contributed by atoms with Crippen LogP contribution in [0.15, 0.2) is 48.0 Å². The molecule has 0 radical (unpaired) electrons. The van der Waals surface area contributed by atoms with Crippen LogP contribution in [-0.4, -0.2) is 72.1 Å². The SMILES string of the molecule is Cc1cc(/C(O)=C2/C(=O)C(=O)N(CCN3CCOCC3)C2c2ccc(Cl)cc2)ccc1OC(C)C. The number of ether oxygens (including phenoxy) is 2. The zero-order chi connectivity index (χ0) is 25.1. The van der Waals surface area contributed by atoms with E-state index in [9.17, 15) is 14.7 Å². The Hall–Kier alpha value is -2.87. The van der Waals surface area contributed by atoms with E-state index in [1.54, 1.807) is 47.4 Å². The Balaban J connectivity index is 1.72. The number of carbonyl (C=O) groups excluding carboxylic acids is 2. The second kappa shape index (κ2) is 10.8. The van der Waals surface area contributed by atoms with Gasteiger partial charge in [-0.25, -0.2) is 0 Å². The van der Waals surface area contributed by atoms with E-state index >= 15 is 0 Å². The monoisotopic (exact) mass is 498 g/mol. The van der Waals surface area contributed by atoms with E-state index in [0.717, 1.165) is 18.7 Å². The van der Waals surface area contributed by atoms with Gasteiger partial charge < -0.3 is 19.5 Å². The molecule has 2 saturated heterocycles. The molecule has 35 heavy (non-hydrogen) atoms. The Morgan fingerprint density at radius 1 is 1.11 bits per heavy atom. The molecule has 2 aliphatic heterocycles. The molecule has 4 rings (SSSR count). The molecule has 2 aromatic carbocycles. The Bertz CT molecular complexity index is 1120. The highest BCUT2D eigenvalue weighted by Crippen LogP contribution is 2.40. The number of hydrogen-bond acceptors (Lipinski definition) is 6. The highest BCUT2D eigenvalue weighted by atomic mass is 35.5. The van der Waals surface area contributed by atoms with Crippen molar-refractivity contribution >= 4 is 29.1 Å². The lowest BCUT2D eigenvalue weighted by Crippen LogP contribution is -2.42. The van der Waals surface area contributed by atoms with E-state index in [2.05, 4.69) is 4.90 Å². The molecule has 0 bridgehead atoms. The number of likely N-dealkylation sites (tertiary alicyclic amines) is 1. The van der Waals surface area contributed by atoms with Crippen LogP contribution >= 0.6 is 11.6 Å². The van der Waals surface area contributed by atoms with Crippen LogP contribution in [0.1, 0.15) is 36.6 Å². The lowest BCUT2D eigenvalue weighted by atomic mass is 9.95. The van der Waals surface area contributed by atoms with E-state index < -0.39 is 17.7 Å². The van der Waals surface area contributed by atoms with Gasteiger partial charge in [-0.15, -0.1) is 0 Å². The zero-order valence-electron chi connectivity index (χ0n) is 20.3. The molecule has 7 nitrogen and oxygen atoms in total. The van der Waals surface area contributed by atoms with Gasteiger partial charge in [0.2, 0.25) is 0 Å². The summed E-state index contributed by atoms with van der Waals surface area (Å²) in [5.74, 6) is -0.797. The first-order valence-electron chi connectivity index (χ1n) is 11.9. The Labute approximate surface area is 210 Å². The number of benzene rings is 2. The first kappa shape index (κ1) is 25.2. The van der Waals surface area contributed by atoms with E-state index in [1.165, 1.54) is 0 Å². The fourth-order valence-corrected chi connectivity index (χ4v) is 4.64. The molecule has 186 valence electrons. The standard InChI is InChI=1S/C27H31ClN2O5/c1-17(2)35-22-9-6-20(16-18(22)3)25(31)23-24(19-4-7-21(28)8-5-19)30(27(33)26(23)32)11-10-29-12-14-34-15-13-29/h4-9,16-17,24,31H,10-15H2,1-3H3/b25-23-. The summed E-state index contributed by atoms with van der Waals surface area (Å²) in [6.07, 6.45) is 0.00911. The van der Waals surface area contributed by atoms with Crippen molar-refractivity contribution in [2.75, 3.05) is 39.4 Å². The van der Waals surface area contributed by atoms with Crippen LogP contribution in [0.5, 0.6) is 5.75 Å². The van der Waals surface area contributed by atoms with Crippen LogP contribution in [0.2, 0.25) is 5.02 Å². The number of aryl methyl sites for hydroxylation is 1. The molecule has 0 saturated carbocycles. The summed E-state index contributed by atoms with van der Waals surface area (Å²) in [6.45, 7) is 9.58. The predicted octanol–water partition coefficient (Wildman–Crippen LogP) is 4.19. The van der Waals surface area contributed by atoms with Gasteiger partial charge in [0.05, 0.1) is 30.9 Å². The minimum absolute atomic E-state index is 0.00911. The van der Waals surface area contributed by atoms with Crippen LogP contribution in [-0.2, 0) is 14.3 Å². The van der Waals surface area contributed by atoms with Crippen LogP contribution in [0, 0.1) is 6.92 Å². The maximum atomic E-state index is 13.2. The molecular weight excluding hydrogens is 468 g/mol. The van der Waals surface area contributed by atoms with E-state index in [4.69, 9.17) is 21.1 Å². The molecule has 0 aliphatic carbocycles. The van der Waals surface area contributed by atoms with Gasteiger partial charge in [0.15, 0.2) is 0 Å². The van der Waals surface area contributed by atoms with Crippen LogP contribution in [0.4, 0.5) is 0 Å². The lowest BCUT2D eigenvalue weighted by molar-refractivity contribution is -0.140. The molecule has 1 amide bonds. The first-order chi connectivity index (χ1) is 16.8. The van der Waals surface area contributed by atoms with Gasteiger partial charge in [-0.1, -0.05) is 23.7 Å². The number of nitrogens with zero attached hydrogens (tertiary/aromatic N) is 2. The van der Waals surface area contributed by atoms with Crippen molar-refractivity contribution in [3.05, 3.63) is 69.8 Å². The molecule has 0 spiro atoms. The smallest absolute Gasteiger partial charge is 0.295 e. The number of halogens is 1. The summed E-state index contributed by atoms with van der Waals surface area (Å²) in [4.78, 5) is 30.2. The fraction of sp³-hybridized carbons (Fsp3) is 0.407. The minimum atomic E-state index is -0.708. The number of rotatable bonds is 7. The van der Waals surface area contributed by atoms with E-state index in [-0.39, 0.29) is 17.4 Å². The third-order valence-corrected chi connectivity index (χ3v) is 6.55. The summed E-state index contributed by atoms with van der Waals surface area (Å²) in [7, 11) is 0. The highest BCUT2D eigenvalue weighted by molar-refractivity contribution is 6.46. The summed E-state index contributed by atoms with van der Waals surface area (Å²) >= 11 is 6.10. The topological polar surface area (TPSA) is 79.3 Å². The van der Waals surface area contributed by atoms with E-state index in [0.29, 0.717) is 48.2 Å². The van der Waals surface area contributed by atoms with Gasteiger partial charge >= 0.3 is 0 Å². The van der Waals surface area contributed by atoms with Crippen LogP contribution in [0.3, 0.4) is 0 Å². The molecule has 1 atom stereocenters. The summed E-state index contributed by atoms with van der Waals surface area (Å²) in [5.41, 5.74) is 2.08. The average Bonchev–Trinajstić information content (AvgIpc) is 3.09. The Morgan fingerprint density at radius 3 is 2.43 bits per heavy atom. The van der Waals surface area contributed by atoms with Gasteiger partial charge in [-0.3, -0.25) is 14.5 Å². The number of amides is 1. The van der Waals surface area contributed by atoms with Crippen molar-refractivity contribution in [2.45, 2.75) is 32.9 Å². The Morgan fingerprint density at radius 2 is 1.80 bits per heavy atom. The van der Waals surface area contributed by atoms with Gasteiger partial charge in [-0.05, 0) is 62.2 Å². The highest BCUT2D eigenvalue weighted by Gasteiger charge is 2.46. The van der Waals surface area contributed by atoms with Gasteiger partial charge in [0, 0.05) is 36.8 Å². The van der Waals surface area contributed by atoms with Crippen molar-refractivity contribution in [3.63, 3.8) is 0 Å². The summed E-state index contributed by atoms with van der Waals surface area (Å²) in [6, 6.07) is 11.6. The second-order valence-electron chi connectivity index (χ2n) is 9.14. The minimum Gasteiger partial charge on any atom is -0.507 e. The molecule has 2 fully saturated rings. The predicted molar refractivity (Wildman–Crippen MR) is 135 cm³/mol. The van der Waals surface area contributed by atoms with Crippen LogP contribution < -0.4 is 4.74 Å². The lowest BCUT2D eigenvalue weighted by Gasteiger charge is -2.31. The largest absolute Gasteiger partial charge is 0.507 e. The first-order valence-corrected chi connectivity index (χ1v) is 12.3. The number of aliphatic hydroxyl groups is 1. The third kappa shape index (κ3) is 5.53. The van der Waals surface area contributed by atoms with Gasteiger partial charge in [0.25, 0.3) is 11.7 Å². The average molecular weight is 499 g/mol. The number of morpholine rings is 1. The third-order valence-electron chi connectivity index (χ3n) is 6.30. The second-order valence-corrected chi connectivity index (χ2v) is 9.58. The normalized spacial score (nSPS) is 20.6. The molecule has 1 N–H and O–H groups in total. The van der Waals surface area contributed by atoms with Crippen LogP contribution in [0.25, 0.3) is 5.76 Å². The maximum Gasteiger partial charge on any atom is 0.295 e. The van der Waals surface area contributed by atoms with Gasteiger partial charge in [0.1, 0.15) is 11.5 Å². The fourth-order valence-electron chi connectivity index (χ4n) is 4.51. The molecule has 0 aromatic heterocycles. The van der Waals surface area contributed by atoms with Crippen molar-refractivity contribution in [1.29, 1.82) is 0 Å². The molecule has 2 heterocycles. The Kier molecular flexibility index (Phi) is 7.79. The van der Waals surface area contributed by atoms with Crippen molar-refractivity contribution < 1.29 is 24.2 Å². The van der Waals surface area contributed by atoms with Gasteiger partial charge in [-0.2, -0.15) is 0 Å². The number of carbonyl (C=O) groups is 2. The van der Waals surface area contributed by atoms with E-state index in [1.807, 2.05) is 20.8 Å². The van der Waals surface area contributed by atoms with Crippen molar-refractivity contribution in [2.24, 2.45) is 0 Å². The molecular formula is C27H31ClN2O5. The number of aliphatic hydroxyl groups excluding tert-OH is 1. The molecule has 8 heteroatoms.